The van der Waals surface area contributed by atoms with Gasteiger partial charge in [0.2, 0.25) is 0 Å². The van der Waals surface area contributed by atoms with Gasteiger partial charge < -0.3 is 10.6 Å². The van der Waals surface area contributed by atoms with Crippen molar-refractivity contribution in [3.05, 3.63) is 32.9 Å². The molecule has 0 saturated heterocycles. The molecule has 17 heavy (non-hydrogen) atoms. The molecule has 2 N–H and O–H groups in total. The SMILES string of the molecule is Cc1cccc(C(=O)N(C)C(C)C(N)=S)c1I. The Bertz CT molecular complexity index is 462. The second-order valence-electron chi connectivity index (χ2n) is 3.93. The number of hydrogen-bond donors (Lipinski definition) is 1. The van der Waals surface area contributed by atoms with Gasteiger partial charge in [0.1, 0.15) is 0 Å². The van der Waals surface area contributed by atoms with Crippen LogP contribution in [-0.2, 0) is 0 Å². The molecule has 0 heterocycles. The Morgan fingerprint density at radius 2 is 2.12 bits per heavy atom. The summed E-state index contributed by atoms with van der Waals surface area (Å²) in [6, 6.07) is 5.44. The first-order valence-electron chi connectivity index (χ1n) is 5.17. The van der Waals surface area contributed by atoms with Crippen molar-refractivity contribution in [2.24, 2.45) is 5.73 Å². The van der Waals surface area contributed by atoms with E-state index in [2.05, 4.69) is 22.6 Å². The minimum Gasteiger partial charge on any atom is -0.392 e. The van der Waals surface area contributed by atoms with Gasteiger partial charge in [0.05, 0.1) is 16.6 Å². The van der Waals surface area contributed by atoms with Crippen molar-refractivity contribution in [3.8, 4) is 0 Å². The van der Waals surface area contributed by atoms with Gasteiger partial charge in [-0.25, -0.2) is 0 Å². The molecular formula is C12H15IN2OS. The fourth-order valence-corrected chi connectivity index (χ4v) is 2.12. The van der Waals surface area contributed by atoms with Gasteiger partial charge in [0.25, 0.3) is 5.91 Å². The lowest BCUT2D eigenvalue weighted by Gasteiger charge is -2.24. The first kappa shape index (κ1) is 14.4. The predicted molar refractivity (Wildman–Crippen MR) is 82.2 cm³/mol. The number of nitrogens with two attached hydrogens (primary N) is 1. The molecule has 0 aliphatic rings. The lowest BCUT2D eigenvalue weighted by molar-refractivity contribution is 0.0778. The summed E-state index contributed by atoms with van der Waals surface area (Å²) in [4.78, 5) is 14.2. The monoisotopic (exact) mass is 362 g/mol. The van der Waals surface area contributed by atoms with Crippen molar-refractivity contribution >= 4 is 45.7 Å². The number of thiocarbonyl (C=S) groups is 1. The molecule has 1 aromatic carbocycles. The molecule has 0 bridgehead atoms. The molecule has 92 valence electrons. The third-order valence-electron chi connectivity index (χ3n) is 2.74. The van der Waals surface area contributed by atoms with Gasteiger partial charge in [0.15, 0.2) is 0 Å². The molecule has 1 aromatic rings. The lowest BCUT2D eigenvalue weighted by Crippen LogP contribution is -2.43. The maximum atomic E-state index is 12.3. The van der Waals surface area contributed by atoms with Crippen molar-refractivity contribution in [3.63, 3.8) is 0 Å². The van der Waals surface area contributed by atoms with Crippen LogP contribution in [0.4, 0.5) is 0 Å². The zero-order chi connectivity index (χ0) is 13.2. The number of hydrogen-bond acceptors (Lipinski definition) is 2. The van der Waals surface area contributed by atoms with Crippen LogP contribution in [0, 0.1) is 10.5 Å². The second kappa shape index (κ2) is 5.77. The summed E-state index contributed by atoms with van der Waals surface area (Å²) in [7, 11) is 1.71. The summed E-state index contributed by atoms with van der Waals surface area (Å²) in [5.41, 5.74) is 7.34. The van der Waals surface area contributed by atoms with Crippen LogP contribution in [0.1, 0.15) is 22.8 Å². The van der Waals surface area contributed by atoms with Crippen LogP contribution in [-0.4, -0.2) is 28.9 Å². The fourth-order valence-electron chi connectivity index (χ4n) is 1.37. The highest BCUT2D eigenvalue weighted by atomic mass is 127. The van der Waals surface area contributed by atoms with E-state index in [-0.39, 0.29) is 11.9 Å². The lowest BCUT2D eigenvalue weighted by atomic mass is 10.1. The number of rotatable bonds is 3. The van der Waals surface area contributed by atoms with Crippen LogP contribution in [0.3, 0.4) is 0 Å². The van der Waals surface area contributed by atoms with Gasteiger partial charge in [-0.1, -0.05) is 24.4 Å². The maximum absolute atomic E-state index is 12.3. The molecule has 0 aliphatic carbocycles. The highest BCUT2D eigenvalue weighted by Gasteiger charge is 2.21. The summed E-state index contributed by atoms with van der Waals surface area (Å²) in [5.74, 6) is -0.0570. The smallest absolute Gasteiger partial charge is 0.255 e. The molecular weight excluding hydrogens is 347 g/mol. The Hall–Kier alpha value is -0.690. The standard InChI is InChI=1S/C12H15IN2OS/c1-7-5-4-6-9(10(7)13)12(16)15(3)8(2)11(14)17/h4-6,8H,1-3H3,(H2,14,17). The first-order valence-corrected chi connectivity index (χ1v) is 6.66. The predicted octanol–water partition coefficient (Wildman–Crippen LogP) is 2.35. The Labute approximate surface area is 121 Å². The third-order valence-corrected chi connectivity index (χ3v) is 4.51. The average molecular weight is 362 g/mol. The molecule has 0 saturated carbocycles. The largest absolute Gasteiger partial charge is 0.392 e. The van der Waals surface area contributed by atoms with Crippen LogP contribution in [0.2, 0.25) is 0 Å². The first-order chi connectivity index (χ1) is 7.86. The molecule has 1 atom stereocenters. The minimum absolute atomic E-state index is 0.0570. The highest BCUT2D eigenvalue weighted by molar-refractivity contribution is 14.1. The number of amides is 1. The van der Waals surface area contributed by atoms with E-state index in [1.807, 2.05) is 32.0 Å². The number of carbonyl (C=O) groups excluding carboxylic acids is 1. The van der Waals surface area contributed by atoms with E-state index in [1.165, 1.54) is 0 Å². The quantitative estimate of drug-likeness (QED) is 0.663. The second-order valence-corrected chi connectivity index (χ2v) is 5.48. The minimum atomic E-state index is -0.242. The zero-order valence-corrected chi connectivity index (χ0v) is 13.0. The maximum Gasteiger partial charge on any atom is 0.255 e. The van der Waals surface area contributed by atoms with Crippen molar-refractivity contribution in [1.82, 2.24) is 4.90 Å². The van der Waals surface area contributed by atoms with E-state index in [0.717, 1.165) is 9.13 Å². The third kappa shape index (κ3) is 3.16. The van der Waals surface area contributed by atoms with E-state index in [4.69, 9.17) is 18.0 Å². The molecule has 3 nitrogen and oxygen atoms in total. The highest BCUT2D eigenvalue weighted by Crippen LogP contribution is 2.18. The van der Waals surface area contributed by atoms with Gasteiger partial charge in [-0.15, -0.1) is 0 Å². The van der Waals surface area contributed by atoms with Gasteiger partial charge in [-0.2, -0.15) is 0 Å². The van der Waals surface area contributed by atoms with Crippen LogP contribution in [0.5, 0.6) is 0 Å². The molecule has 0 spiro atoms. The van der Waals surface area contributed by atoms with Gasteiger partial charge >= 0.3 is 0 Å². The molecule has 0 radical (unpaired) electrons. The van der Waals surface area contributed by atoms with E-state index in [0.29, 0.717) is 10.6 Å². The molecule has 1 rings (SSSR count). The summed E-state index contributed by atoms with van der Waals surface area (Å²) >= 11 is 7.09. The molecule has 1 unspecified atom stereocenters. The number of nitrogens with zero attached hydrogens (tertiary/aromatic N) is 1. The number of carbonyl (C=O) groups is 1. The number of benzene rings is 1. The van der Waals surface area contributed by atoms with Crippen molar-refractivity contribution in [2.45, 2.75) is 19.9 Å². The topological polar surface area (TPSA) is 46.3 Å². The number of likely N-dealkylation sites (N-methyl/N-ethyl adjacent to an activating group) is 1. The van der Waals surface area contributed by atoms with Crippen LogP contribution < -0.4 is 5.73 Å². The Kier molecular flexibility index (Phi) is 4.88. The number of halogens is 1. The van der Waals surface area contributed by atoms with Crippen LogP contribution in [0.25, 0.3) is 0 Å². The normalized spacial score (nSPS) is 12.0. The average Bonchev–Trinajstić information content (AvgIpc) is 2.29. The Morgan fingerprint density at radius 1 is 1.53 bits per heavy atom. The van der Waals surface area contributed by atoms with Crippen molar-refractivity contribution in [2.75, 3.05) is 7.05 Å². The molecule has 0 fully saturated rings. The van der Waals surface area contributed by atoms with E-state index < -0.39 is 0 Å². The Balaban J connectivity index is 3.05. The summed E-state index contributed by atoms with van der Waals surface area (Å²) in [6.45, 7) is 3.80. The zero-order valence-electron chi connectivity index (χ0n) is 10.0. The Morgan fingerprint density at radius 3 is 2.65 bits per heavy atom. The van der Waals surface area contributed by atoms with Crippen molar-refractivity contribution in [1.29, 1.82) is 0 Å². The fraction of sp³-hybridized carbons (Fsp3) is 0.333. The van der Waals surface area contributed by atoms with Crippen LogP contribution in [0.15, 0.2) is 18.2 Å². The molecule has 0 aliphatic heterocycles. The number of aryl methyl sites for hydroxylation is 1. The van der Waals surface area contributed by atoms with E-state index in [1.54, 1.807) is 11.9 Å². The molecule has 5 heteroatoms. The summed E-state index contributed by atoms with van der Waals surface area (Å²) < 4.78 is 0.970. The van der Waals surface area contributed by atoms with Crippen molar-refractivity contribution < 1.29 is 4.79 Å². The van der Waals surface area contributed by atoms with E-state index >= 15 is 0 Å². The van der Waals surface area contributed by atoms with Gasteiger partial charge in [0, 0.05) is 10.6 Å². The van der Waals surface area contributed by atoms with Gasteiger partial charge in [-0.3, -0.25) is 4.79 Å². The molecule has 0 aromatic heterocycles. The summed E-state index contributed by atoms with van der Waals surface area (Å²) in [5, 5.41) is 0. The van der Waals surface area contributed by atoms with E-state index in [9.17, 15) is 4.79 Å². The van der Waals surface area contributed by atoms with Crippen LogP contribution >= 0.6 is 34.8 Å². The van der Waals surface area contributed by atoms with Gasteiger partial charge in [-0.05, 0) is 48.1 Å². The molecule has 1 amide bonds. The summed E-state index contributed by atoms with van der Waals surface area (Å²) in [6.07, 6.45) is 0.